The van der Waals surface area contributed by atoms with E-state index in [0.29, 0.717) is 24.3 Å². The quantitative estimate of drug-likeness (QED) is 0.505. The number of carboxylic acid groups (broad SMARTS) is 1. The molecule has 0 radical (unpaired) electrons. The standard InChI is InChI=1S/C6H13NO4S/c8-6(9)7-5-1-3-12(10,11)4-2-5/h5,7,10-11H,1-4H2,(H,8,9). The fourth-order valence-electron chi connectivity index (χ4n) is 1.23. The van der Waals surface area contributed by atoms with Crippen molar-refractivity contribution in [2.24, 2.45) is 0 Å². The average Bonchev–Trinajstić information content (AvgIpc) is 1.93. The van der Waals surface area contributed by atoms with Gasteiger partial charge in [-0.25, -0.2) is 4.79 Å². The van der Waals surface area contributed by atoms with E-state index < -0.39 is 16.7 Å². The summed E-state index contributed by atoms with van der Waals surface area (Å²) in [5.41, 5.74) is 0. The zero-order chi connectivity index (χ0) is 9.19. The van der Waals surface area contributed by atoms with Gasteiger partial charge in [0.05, 0.1) is 0 Å². The first-order valence-electron chi connectivity index (χ1n) is 3.73. The summed E-state index contributed by atoms with van der Waals surface area (Å²) in [6.45, 7) is 0. The van der Waals surface area contributed by atoms with Crippen LogP contribution in [0, 0.1) is 0 Å². The highest BCUT2D eigenvalue weighted by atomic mass is 32.3. The summed E-state index contributed by atoms with van der Waals surface area (Å²) in [5, 5.41) is 10.7. The van der Waals surface area contributed by atoms with Crippen molar-refractivity contribution in [2.45, 2.75) is 18.9 Å². The largest absolute Gasteiger partial charge is 0.465 e. The summed E-state index contributed by atoms with van der Waals surface area (Å²) in [6, 6.07) is -0.109. The van der Waals surface area contributed by atoms with Crippen molar-refractivity contribution in [3.05, 3.63) is 0 Å². The van der Waals surface area contributed by atoms with E-state index in [9.17, 15) is 13.9 Å². The number of hydrogen-bond acceptors (Lipinski definition) is 3. The van der Waals surface area contributed by atoms with E-state index in [0.717, 1.165) is 0 Å². The van der Waals surface area contributed by atoms with Gasteiger partial charge in [0.2, 0.25) is 0 Å². The molecule has 0 aromatic heterocycles. The lowest BCUT2D eigenvalue weighted by Gasteiger charge is -2.38. The van der Waals surface area contributed by atoms with Gasteiger partial charge < -0.3 is 10.4 Å². The second-order valence-electron chi connectivity index (χ2n) is 2.93. The Balaban J connectivity index is 2.31. The number of nitrogens with one attached hydrogen (secondary N) is 1. The van der Waals surface area contributed by atoms with Crippen LogP contribution in [0.3, 0.4) is 0 Å². The molecule has 0 spiro atoms. The molecule has 1 heterocycles. The molecule has 72 valence electrons. The number of rotatable bonds is 1. The molecule has 6 heteroatoms. The van der Waals surface area contributed by atoms with Crippen LogP contribution in [0.1, 0.15) is 12.8 Å². The summed E-state index contributed by atoms with van der Waals surface area (Å²) in [4.78, 5) is 10.2. The van der Waals surface area contributed by atoms with Crippen molar-refractivity contribution in [2.75, 3.05) is 11.5 Å². The van der Waals surface area contributed by atoms with Crippen molar-refractivity contribution in [1.29, 1.82) is 0 Å². The first-order valence-corrected chi connectivity index (χ1v) is 5.61. The maximum absolute atomic E-state index is 10.2. The predicted octanol–water partition coefficient (Wildman–Crippen LogP) is 1.17. The van der Waals surface area contributed by atoms with Gasteiger partial charge in [0.1, 0.15) is 0 Å². The lowest BCUT2D eigenvalue weighted by atomic mass is 10.2. The Kier molecular flexibility index (Phi) is 2.81. The zero-order valence-electron chi connectivity index (χ0n) is 6.56. The van der Waals surface area contributed by atoms with Crippen LogP contribution in [0.2, 0.25) is 0 Å². The van der Waals surface area contributed by atoms with Crippen LogP contribution in [0.15, 0.2) is 0 Å². The minimum absolute atomic E-state index is 0.109. The lowest BCUT2D eigenvalue weighted by molar-refractivity contribution is 0.188. The highest BCUT2D eigenvalue weighted by molar-refractivity contribution is 8.24. The first kappa shape index (κ1) is 9.63. The smallest absolute Gasteiger partial charge is 0.404 e. The number of carbonyl (C=O) groups is 1. The average molecular weight is 195 g/mol. The number of amides is 1. The van der Waals surface area contributed by atoms with Crippen LogP contribution in [-0.2, 0) is 0 Å². The van der Waals surface area contributed by atoms with Gasteiger partial charge in [-0.3, -0.25) is 9.11 Å². The van der Waals surface area contributed by atoms with E-state index in [1.807, 2.05) is 0 Å². The monoisotopic (exact) mass is 195 g/mol. The minimum Gasteiger partial charge on any atom is -0.465 e. The van der Waals surface area contributed by atoms with Crippen molar-refractivity contribution in [3.63, 3.8) is 0 Å². The zero-order valence-corrected chi connectivity index (χ0v) is 7.38. The molecule has 0 saturated carbocycles. The minimum atomic E-state index is -2.38. The fourth-order valence-corrected chi connectivity index (χ4v) is 2.76. The Bertz CT molecular complexity index is 174. The molecule has 4 N–H and O–H groups in total. The molecule has 0 unspecified atom stereocenters. The molecule has 0 bridgehead atoms. The maximum atomic E-state index is 10.2. The Morgan fingerprint density at radius 2 is 1.83 bits per heavy atom. The molecule has 0 aromatic carbocycles. The van der Waals surface area contributed by atoms with E-state index in [2.05, 4.69) is 5.32 Å². The van der Waals surface area contributed by atoms with Crippen LogP contribution >= 0.6 is 10.6 Å². The van der Waals surface area contributed by atoms with E-state index in [-0.39, 0.29) is 6.04 Å². The topological polar surface area (TPSA) is 89.8 Å². The Morgan fingerprint density at radius 3 is 2.25 bits per heavy atom. The molecule has 1 aliphatic heterocycles. The molecule has 1 aliphatic rings. The maximum Gasteiger partial charge on any atom is 0.404 e. The molecule has 0 aromatic rings. The van der Waals surface area contributed by atoms with E-state index >= 15 is 0 Å². The van der Waals surface area contributed by atoms with Gasteiger partial charge >= 0.3 is 6.09 Å². The van der Waals surface area contributed by atoms with Crippen molar-refractivity contribution < 1.29 is 19.0 Å². The Morgan fingerprint density at radius 1 is 1.33 bits per heavy atom. The third-order valence-corrected chi connectivity index (χ3v) is 3.69. The molecule has 1 rings (SSSR count). The molecule has 1 amide bonds. The highest BCUT2D eigenvalue weighted by Crippen LogP contribution is 2.43. The third kappa shape index (κ3) is 2.88. The highest BCUT2D eigenvalue weighted by Gasteiger charge is 2.24. The van der Waals surface area contributed by atoms with Crippen LogP contribution in [-0.4, -0.2) is 37.9 Å². The molecule has 1 saturated heterocycles. The molecule has 0 atom stereocenters. The van der Waals surface area contributed by atoms with Crippen molar-refractivity contribution in [1.82, 2.24) is 5.32 Å². The van der Waals surface area contributed by atoms with Gasteiger partial charge in [0, 0.05) is 17.5 Å². The molecule has 5 nitrogen and oxygen atoms in total. The molecule has 12 heavy (non-hydrogen) atoms. The predicted molar refractivity (Wildman–Crippen MR) is 46.8 cm³/mol. The van der Waals surface area contributed by atoms with Gasteiger partial charge in [-0.15, -0.1) is 0 Å². The number of hydrogen-bond donors (Lipinski definition) is 4. The van der Waals surface area contributed by atoms with Crippen LogP contribution in [0.5, 0.6) is 0 Å². The van der Waals surface area contributed by atoms with Gasteiger partial charge in [0.15, 0.2) is 0 Å². The second kappa shape index (κ2) is 3.51. The summed E-state index contributed by atoms with van der Waals surface area (Å²) in [5.74, 6) is 0.635. The van der Waals surface area contributed by atoms with Gasteiger partial charge in [-0.2, -0.15) is 10.6 Å². The lowest BCUT2D eigenvalue weighted by Crippen LogP contribution is -2.38. The van der Waals surface area contributed by atoms with E-state index in [4.69, 9.17) is 5.11 Å². The SMILES string of the molecule is O=C(O)NC1CCS(O)(O)CC1. The third-order valence-electron chi connectivity index (χ3n) is 1.91. The Labute approximate surface area is 72.1 Å². The Hall–Kier alpha value is -0.460. The van der Waals surface area contributed by atoms with Gasteiger partial charge in [-0.1, -0.05) is 0 Å². The summed E-state index contributed by atoms with van der Waals surface area (Å²) >= 11 is 0. The first-order chi connectivity index (χ1) is 5.49. The summed E-state index contributed by atoms with van der Waals surface area (Å²) in [7, 11) is -2.38. The van der Waals surface area contributed by atoms with Gasteiger partial charge in [0.25, 0.3) is 0 Å². The normalized spacial score (nSPS) is 26.2. The van der Waals surface area contributed by atoms with Crippen molar-refractivity contribution in [3.8, 4) is 0 Å². The molecule has 0 aliphatic carbocycles. The van der Waals surface area contributed by atoms with Gasteiger partial charge in [-0.05, 0) is 12.8 Å². The molecule has 1 fully saturated rings. The molecular weight excluding hydrogens is 182 g/mol. The second-order valence-corrected chi connectivity index (χ2v) is 5.36. The van der Waals surface area contributed by atoms with Crippen LogP contribution in [0.4, 0.5) is 4.79 Å². The summed E-state index contributed by atoms with van der Waals surface area (Å²) in [6.07, 6.45) is 0.00174. The van der Waals surface area contributed by atoms with Crippen molar-refractivity contribution >= 4 is 16.7 Å². The fraction of sp³-hybridized carbons (Fsp3) is 0.833. The summed E-state index contributed by atoms with van der Waals surface area (Å²) < 4.78 is 18.4. The van der Waals surface area contributed by atoms with Crippen LogP contribution < -0.4 is 5.32 Å². The van der Waals surface area contributed by atoms with Crippen LogP contribution in [0.25, 0.3) is 0 Å². The molecular formula is C6H13NO4S. The van der Waals surface area contributed by atoms with E-state index in [1.54, 1.807) is 0 Å². The van der Waals surface area contributed by atoms with E-state index in [1.165, 1.54) is 0 Å².